The topological polar surface area (TPSA) is 134 Å². The minimum atomic E-state index is -1.18. The Morgan fingerprint density at radius 1 is 1.03 bits per heavy atom. The second kappa shape index (κ2) is 7.71. The molecule has 10 nitrogen and oxygen atoms in total. The van der Waals surface area contributed by atoms with Gasteiger partial charge in [0.2, 0.25) is 0 Å². The van der Waals surface area contributed by atoms with Crippen LogP contribution in [0, 0.1) is 0 Å². The van der Waals surface area contributed by atoms with Crippen LogP contribution in [0.3, 0.4) is 0 Å². The largest absolute Gasteiger partial charge is 0.480 e. The Kier molecular flexibility index (Phi) is 5.26. The summed E-state index contributed by atoms with van der Waals surface area (Å²) < 4.78 is 0. The molecular weight excluding hydrogens is 380 g/mol. The van der Waals surface area contributed by atoms with Crippen molar-refractivity contribution in [2.45, 2.75) is 31.3 Å². The maximum absolute atomic E-state index is 13.0. The van der Waals surface area contributed by atoms with Crippen molar-refractivity contribution < 1.29 is 29.7 Å². The molecule has 2 saturated heterocycles. The van der Waals surface area contributed by atoms with Crippen LogP contribution < -0.4 is 10.2 Å². The van der Waals surface area contributed by atoms with E-state index in [-0.39, 0.29) is 6.54 Å². The average Bonchev–Trinajstić information content (AvgIpc) is 2.92. The highest BCUT2D eigenvalue weighted by Crippen LogP contribution is 2.31. The molecule has 0 aliphatic carbocycles. The summed E-state index contributed by atoms with van der Waals surface area (Å²) in [5, 5.41) is 31.3. The molecule has 1 aromatic carbocycles. The van der Waals surface area contributed by atoms with E-state index in [1.807, 2.05) is 4.90 Å². The Labute approximate surface area is 167 Å². The summed E-state index contributed by atoms with van der Waals surface area (Å²) in [4.78, 5) is 41.6. The standard InChI is InChI=1S/C19H24N4O6/c24-15-4-3-14(17(27)20-15)23-18(28)12-2-1-11(9-13(12)19(23)29)22-7-5-21(6-8-22)10-16(25)26/h1-2,9,14-15,17,20,24,27H,3-8,10H2,(H,25,26). The number of rotatable bonds is 4. The van der Waals surface area contributed by atoms with E-state index in [9.17, 15) is 24.6 Å². The number of imide groups is 1. The molecule has 1 aromatic rings. The van der Waals surface area contributed by atoms with Crippen LogP contribution in [0.2, 0.25) is 0 Å². The first-order valence-corrected chi connectivity index (χ1v) is 9.68. The summed E-state index contributed by atoms with van der Waals surface area (Å²) in [6.45, 7) is 2.46. The van der Waals surface area contributed by atoms with Gasteiger partial charge in [-0.3, -0.25) is 29.5 Å². The predicted octanol–water partition coefficient (Wildman–Crippen LogP) is -1.12. The number of hydrogen-bond donors (Lipinski definition) is 4. The van der Waals surface area contributed by atoms with E-state index in [1.165, 1.54) is 0 Å². The van der Waals surface area contributed by atoms with Gasteiger partial charge < -0.3 is 20.2 Å². The van der Waals surface area contributed by atoms with Gasteiger partial charge >= 0.3 is 5.97 Å². The van der Waals surface area contributed by atoms with E-state index in [0.717, 1.165) is 10.6 Å². The number of aliphatic hydroxyl groups is 2. The van der Waals surface area contributed by atoms with Gasteiger partial charge in [-0.25, -0.2) is 0 Å². The molecule has 3 unspecified atom stereocenters. The number of fused-ring (bicyclic) bond motifs is 1. The number of carbonyl (C=O) groups excluding carboxylic acids is 2. The SMILES string of the molecule is O=C(O)CN1CCN(c2ccc3c(c2)C(=O)N(C2CCC(O)NC2O)C3=O)CC1. The normalized spacial score (nSPS) is 28.0. The number of hydrogen-bond acceptors (Lipinski definition) is 8. The van der Waals surface area contributed by atoms with E-state index in [1.54, 1.807) is 18.2 Å². The number of piperidine rings is 1. The number of carboxylic acids is 1. The lowest BCUT2D eigenvalue weighted by Crippen LogP contribution is -2.58. The third-order valence-corrected chi connectivity index (χ3v) is 5.79. The van der Waals surface area contributed by atoms with Crippen molar-refractivity contribution >= 4 is 23.5 Å². The lowest BCUT2D eigenvalue weighted by atomic mass is 10.0. The molecular formula is C19H24N4O6. The molecule has 4 N–H and O–H groups in total. The van der Waals surface area contributed by atoms with Crippen LogP contribution in [0.15, 0.2) is 18.2 Å². The van der Waals surface area contributed by atoms with Gasteiger partial charge in [0.15, 0.2) is 0 Å². The summed E-state index contributed by atoms with van der Waals surface area (Å²) >= 11 is 0. The number of nitrogens with one attached hydrogen (secondary N) is 1. The molecule has 2 fully saturated rings. The van der Waals surface area contributed by atoms with Crippen LogP contribution in [0.1, 0.15) is 33.6 Å². The van der Waals surface area contributed by atoms with Crippen LogP contribution in [-0.2, 0) is 4.79 Å². The molecule has 0 bridgehead atoms. The second-order valence-corrected chi connectivity index (χ2v) is 7.64. The third-order valence-electron chi connectivity index (χ3n) is 5.79. The zero-order valence-electron chi connectivity index (χ0n) is 15.8. The number of carbonyl (C=O) groups is 3. The Bertz CT molecular complexity index is 838. The first-order chi connectivity index (χ1) is 13.8. The Balaban J connectivity index is 1.50. The molecule has 10 heteroatoms. The maximum atomic E-state index is 13.0. The van der Waals surface area contributed by atoms with Gasteiger partial charge in [-0.2, -0.15) is 0 Å². The smallest absolute Gasteiger partial charge is 0.317 e. The highest BCUT2D eigenvalue weighted by molar-refractivity contribution is 6.22. The molecule has 0 saturated carbocycles. The number of aliphatic hydroxyl groups excluding tert-OH is 2. The number of piperazine rings is 1. The molecule has 3 heterocycles. The summed E-state index contributed by atoms with van der Waals surface area (Å²) in [5.41, 5.74) is 1.42. The summed E-state index contributed by atoms with van der Waals surface area (Å²) in [6, 6.07) is 4.39. The first kappa shape index (κ1) is 19.8. The Morgan fingerprint density at radius 2 is 1.72 bits per heavy atom. The molecule has 4 rings (SSSR count). The molecule has 3 atom stereocenters. The summed E-state index contributed by atoms with van der Waals surface area (Å²) in [7, 11) is 0. The number of nitrogens with zero attached hydrogens (tertiary/aromatic N) is 3. The van der Waals surface area contributed by atoms with Gasteiger partial charge in [0.1, 0.15) is 12.5 Å². The molecule has 3 aliphatic heterocycles. The van der Waals surface area contributed by atoms with Gasteiger partial charge in [-0.15, -0.1) is 0 Å². The van der Waals surface area contributed by atoms with E-state index in [0.29, 0.717) is 50.1 Å². The third kappa shape index (κ3) is 3.71. The average molecular weight is 404 g/mol. The minimum absolute atomic E-state index is 0.00637. The number of aliphatic carboxylic acids is 1. The molecule has 0 aromatic heterocycles. The van der Waals surface area contributed by atoms with Gasteiger partial charge in [-0.05, 0) is 31.0 Å². The van der Waals surface area contributed by atoms with Crippen molar-refractivity contribution in [1.29, 1.82) is 0 Å². The highest BCUT2D eigenvalue weighted by Gasteiger charge is 2.44. The van der Waals surface area contributed by atoms with E-state index in [4.69, 9.17) is 5.11 Å². The summed E-state index contributed by atoms with van der Waals surface area (Å²) in [6.07, 6.45) is -1.38. The molecule has 29 heavy (non-hydrogen) atoms. The fourth-order valence-electron chi connectivity index (χ4n) is 4.25. The van der Waals surface area contributed by atoms with E-state index >= 15 is 0 Å². The summed E-state index contributed by atoms with van der Waals surface area (Å²) in [5.74, 6) is -1.74. The van der Waals surface area contributed by atoms with Crippen molar-refractivity contribution in [3.63, 3.8) is 0 Å². The fraction of sp³-hybridized carbons (Fsp3) is 0.526. The van der Waals surface area contributed by atoms with Crippen molar-refractivity contribution in [2.24, 2.45) is 0 Å². The van der Waals surface area contributed by atoms with Crippen molar-refractivity contribution in [1.82, 2.24) is 15.1 Å². The second-order valence-electron chi connectivity index (χ2n) is 7.64. The lowest BCUT2D eigenvalue weighted by Gasteiger charge is -2.36. The van der Waals surface area contributed by atoms with Gasteiger partial charge in [-0.1, -0.05) is 0 Å². The van der Waals surface area contributed by atoms with Crippen LogP contribution in [-0.4, -0.2) is 94.1 Å². The quantitative estimate of drug-likeness (QED) is 0.460. The zero-order valence-corrected chi connectivity index (χ0v) is 15.8. The molecule has 3 aliphatic rings. The zero-order chi connectivity index (χ0) is 20.7. The number of carboxylic acid groups (broad SMARTS) is 1. The highest BCUT2D eigenvalue weighted by atomic mass is 16.4. The monoisotopic (exact) mass is 404 g/mol. The number of amides is 2. The van der Waals surface area contributed by atoms with Crippen LogP contribution in [0.4, 0.5) is 5.69 Å². The minimum Gasteiger partial charge on any atom is -0.480 e. The van der Waals surface area contributed by atoms with Crippen molar-refractivity contribution in [2.75, 3.05) is 37.6 Å². The molecule has 0 radical (unpaired) electrons. The lowest BCUT2D eigenvalue weighted by molar-refractivity contribution is -0.138. The molecule has 156 valence electrons. The van der Waals surface area contributed by atoms with Crippen LogP contribution >= 0.6 is 0 Å². The van der Waals surface area contributed by atoms with Crippen LogP contribution in [0.5, 0.6) is 0 Å². The maximum Gasteiger partial charge on any atom is 0.317 e. The van der Waals surface area contributed by atoms with Crippen molar-refractivity contribution in [3.8, 4) is 0 Å². The van der Waals surface area contributed by atoms with Crippen LogP contribution in [0.25, 0.3) is 0 Å². The van der Waals surface area contributed by atoms with Gasteiger partial charge in [0, 0.05) is 31.9 Å². The Morgan fingerprint density at radius 3 is 2.38 bits per heavy atom. The number of anilines is 1. The van der Waals surface area contributed by atoms with E-state index < -0.39 is 36.3 Å². The van der Waals surface area contributed by atoms with Gasteiger partial charge in [0.25, 0.3) is 11.8 Å². The predicted molar refractivity (Wildman–Crippen MR) is 101 cm³/mol. The Hall–Kier alpha value is -2.53. The molecule has 2 amide bonds. The first-order valence-electron chi connectivity index (χ1n) is 9.68. The van der Waals surface area contributed by atoms with Gasteiger partial charge in [0.05, 0.1) is 23.7 Å². The van der Waals surface area contributed by atoms with Crippen molar-refractivity contribution in [3.05, 3.63) is 29.3 Å². The molecule has 0 spiro atoms. The fourth-order valence-corrected chi connectivity index (χ4v) is 4.25. The number of benzene rings is 1. The van der Waals surface area contributed by atoms with E-state index in [2.05, 4.69) is 10.2 Å².